The number of aliphatic hydroxyl groups is 3. The van der Waals surface area contributed by atoms with Gasteiger partial charge in [-0.2, -0.15) is 0 Å². The normalized spacial score (nSPS) is 50.1. The average molecular weight is 276 g/mol. The number of hydrogen-bond donors (Lipinski definition) is 3. The van der Waals surface area contributed by atoms with E-state index in [0.717, 1.165) is 0 Å². The summed E-state index contributed by atoms with van der Waals surface area (Å²) in [5.41, 5.74) is 0. The SMILES string of the molecule is O=C1CCC2(COC3OC(CO)C(O)C(O)C3O2)O1. The molecule has 8 heteroatoms. The van der Waals surface area contributed by atoms with Gasteiger partial charge in [-0.15, -0.1) is 0 Å². The van der Waals surface area contributed by atoms with Gasteiger partial charge in [-0.25, -0.2) is 0 Å². The van der Waals surface area contributed by atoms with Crippen molar-refractivity contribution in [1.82, 2.24) is 0 Å². The molecule has 0 saturated carbocycles. The van der Waals surface area contributed by atoms with Crippen molar-refractivity contribution in [2.45, 2.75) is 49.3 Å². The van der Waals surface area contributed by atoms with E-state index in [2.05, 4.69) is 0 Å². The van der Waals surface area contributed by atoms with Crippen molar-refractivity contribution in [3.63, 3.8) is 0 Å². The molecule has 0 aromatic heterocycles. The van der Waals surface area contributed by atoms with Crippen LogP contribution in [0.1, 0.15) is 12.8 Å². The lowest BCUT2D eigenvalue weighted by Crippen LogP contribution is -2.65. The largest absolute Gasteiger partial charge is 0.430 e. The van der Waals surface area contributed by atoms with Crippen molar-refractivity contribution in [2.75, 3.05) is 13.2 Å². The van der Waals surface area contributed by atoms with Crippen LogP contribution in [0.5, 0.6) is 0 Å². The Labute approximate surface area is 108 Å². The zero-order valence-corrected chi connectivity index (χ0v) is 10.1. The lowest BCUT2D eigenvalue weighted by Gasteiger charge is -2.48. The molecule has 6 unspecified atom stereocenters. The Morgan fingerprint density at radius 2 is 2.11 bits per heavy atom. The van der Waals surface area contributed by atoms with E-state index in [1.165, 1.54) is 0 Å². The zero-order chi connectivity index (χ0) is 13.6. The topological polar surface area (TPSA) is 115 Å². The first-order chi connectivity index (χ1) is 9.04. The van der Waals surface area contributed by atoms with Gasteiger partial charge in [-0.05, 0) is 0 Å². The van der Waals surface area contributed by atoms with Gasteiger partial charge < -0.3 is 34.3 Å². The molecule has 8 nitrogen and oxygen atoms in total. The van der Waals surface area contributed by atoms with Crippen molar-refractivity contribution in [2.24, 2.45) is 0 Å². The van der Waals surface area contributed by atoms with Gasteiger partial charge in [0.1, 0.15) is 31.0 Å². The highest BCUT2D eigenvalue weighted by Crippen LogP contribution is 2.38. The summed E-state index contributed by atoms with van der Waals surface area (Å²) in [6.07, 6.45) is -4.81. The molecular formula is C11H16O8. The summed E-state index contributed by atoms with van der Waals surface area (Å²) >= 11 is 0. The lowest BCUT2D eigenvalue weighted by molar-refractivity contribution is -0.400. The summed E-state index contributed by atoms with van der Waals surface area (Å²) in [6, 6.07) is 0. The van der Waals surface area contributed by atoms with Gasteiger partial charge in [0.05, 0.1) is 13.0 Å². The van der Waals surface area contributed by atoms with E-state index >= 15 is 0 Å². The second-order valence-corrected chi connectivity index (χ2v) is 4.98. The van der Waals surface area contributed by atoms with Crippen LogP contribution < -0.4 is 0 Å². The lowest BCUT2D eigenvalue weighted by atomic mass is 9.97. The summed E-state index contributed by atoms with van der Waals surface area (Å²) in [4.78, 5) is 11.2. The van der Waals surface area contributed by atoms with Crippen LogP contribution in [-0.4, -0.2) is 71.0 Å². The van der Waals surface area contributed by atoms with Gasteiger partial charge in [0.25, 0.3) is 0 Å². The Morgan fingerprint density at radius 3 is 2.74 bits per heavy atom. The molecule has 3 aliphatic rings. The Hall–Kier alpha value is -0.770. The molecule has 0 radical (unpaired) electrons. The van der Waals surface area contributed by atoms with Gasteiger partial charge >= 0.3 is 5.97 Å². The summed E-state index contributed by atoms with van der Waals surface area (Å²) in [5, 5.41) is 28.8. The number of aliphatic hydroxyl groups excluding tert-OH is 3. The minimum absolute atomic E-state index is 0.000864. The van der Waals surface area contributed by atoms with Crippen LogP contribution in [0.2, 0.25) is 0 Å². The van der Waals surface area contributed by atoms with Gasteiger partial charge in [-0.1, -0.05) is 0 Å². The Bertz CT molecular complexity index is 372. The predicted molar refractivity (Wildman–Crippen MR) is 56.6 cm³/mol. The van der Waals surface area contributed by atoms with Crippen LogP contribution in [0.4, 0.5) is 0 Å². The van der Waals surface area contributed by atoms with Gasteiger partial charge in [0.15, 0.2) is 6.29 Å². The van der Waals surface area contributed by atoms with Crippen LogP contribution in [0.15, 0.2) is 0 Å². The third-order valence-electron chi connectivity index (χ3n) is 3.65. The highest BCUT2D eigenvalue weighted by Gasteiger charge is 2.56. The highest BCUT2D eigenvalue weighted by molar-refractivity contribution is 5.72. The minimum atomic E-state index is -1.29. The second kappa shape index (κ2) is 4.65. The molecule has 19 heavy (non-hydrogen) atoms. The maximum absolute atomic E-state index is 11.2. The molecule has 3 heterocycles. The van der Waals surface area contributed by atoms with Crippen LogP contribution in [0.3, 0.4) is 0 Å². The molecule has 0 aromatic rings. The molecule has 108 valence electrons. The fourth-order valence-corrected chi connectivity index (χ4v) is 2.59. The Kier molecular flexibility index (Phi) is 3.24. The van der Waals surface area contributed by atoms with Gasteiger partial charge in [0, 0.05) is 6.42 Å². The van der Waals surface area contributed by atoms with Crippen molar-refractivity contribution in [3.8, 4) is 0 Å². The molecule has 0 aliphatic carbocycles. The highest BCUT2D eigenvalue weighted by atomic mass is 16.8. The molecule has 3 fully saturated rings. The van der Waals surface area contributed by atoms with E-state index in [1.54, 1.807) is 0 Å². The molecule has 0 aromatic carbocycles. The first-order valence-electron chi connectivity index (χ1n) is 6.18. The molecule has 6 atom stereocenters. The van der Waals surface area contributed by atoms with Crippen LogP contribution >= 0.6 is 0 Å². The summed E-state index contributed by atoms with van der Waals surface area (Å²) in [7, 11) is 0. The van der Waals surface area contributed by atoms with Crippen molar-refractivity contribution >= 4 is 5.97 Å². The molecular weight excluding hydrogens is 260 g/mol. The van der Waals surface area contributed by atoms with Gasteiger partial charge in [-0.3, -0.25) is 4.79 Å². The van der Waals surface area contributed by atoms with E-state index in [-0.39, 0.29) is 19.0 Å². The third kappa shape index (κ3) is 2.14. The fourth-order valence-electron chi connectivity index (χ4n) is 2.59. The second-order valence-electron chi connectivity index (χ2n) is 4.98. The van der Waals surface area contributed by atoms with E-state index in [4.69, 9.17) is 24.1 Å². The van der Waals surface area contributed by atoms with Crippen LogP contribution in [0.25, 0.3) is 0 Å². The number of fused-ring (bicyclic) bond motifs is 1. The Balaban J connectivity index is 1.75. The first kappa shape index (κ1) is 13.2. The molecule has 0 bridgehead atoms. The molecule has 0 amide bonds. The summed E-state index contributed by atoms with van der Waals surface area (Å²) in [6.45, 7) is -0.439. The minimum Gasteiger partial charge on any atom is -0.430 e. The van der Waals surface area contributed by atoms with Crippen molar-refractivity contribution in [3.05, 3.63) is 0 Å². The van der Waals surface area contributed by atoms with E-state index in [1.807, 2.05) is 0 Å². The standard InChI is InChI=1S/C11H16O8/c12-3-5-7(14)8(15)9-10(17-5)16-4-11(19-9)2-1-6(13)18-11/h5,7-10,12,14-15H,1-4H2. The van der Waals surface area contributed by atoms with E-state index < -0.39 is 43.1 Å². The molecule has 3 saturated heterocycles. The quantitative estimate of drug-likeness (QED) is 0.465. The predicted octanol–water partition coefficient (Wildman–Crippen LogP) is -2.13. The molecule has 3 rings (SSSR count). The maximum atomic E-state index is 11.2. The Morgan fingerprint density at radius 1 is 1.32 bits per heavy atom. The third-order valence-corrected chi connectivity index (χ3v) is 3.65. The van der Waals surface area contributed by atoms with Crippen LogP contribution in [0, 0.1) is 0 Å². The first-order valence-corrected chi connectivity index (χ1v) is 6.18. The number of rotatable bonds is 1. The molecule has 3 N–H and O–H groups in total. The number of ether oxygens (including phenoxy) is 4. The number of esters is 1. The zero-order valence-electron chi connectivity index (χ0n) is 10.1. The smallest absolute Gasteiger partial charge is 0.308 e. The summed E-state index contributed by atoms with van der Waals surface area (Å²) in [5.74, 6) is -1.59. The number of hydrogen-bond acceptors (Lipinski definition) is 8. The number of carbonyl (C=O) groups is 1. The average Bonchev–Trinajstić information content (AvgIpc) is 2.76. The number of carbonyl (C=O) groups excluding carboxylic acids is 1. The molecule has 3 aliphatic heterocycles. The van der Waals surface area contributed by atoms with E-state index in [0.29, 0.717) is 6.42 Å². The fraction of sp³-hybridized carbons (Fsp3) is 0.909. The van der Waals surface area contributed by atoms with Crippen molar-refractivity contribution in [1.29, 1.82) is 0 Å². The maximum Gasteiger partial charge on any atom is 0.308 e. The monoisotopic (exact) mass is 276 g/mol. The molecule has 1 spiro atoms. The van der Waals surface area contributed by atoms with Gasteiger partial charge in [0.2, 0.25) is 5.79 Å². The summed E-state index contributed by atoms with van der Waals surface area (Å²) < 4.78 is 21.4. The van der Waals surface area contributed by atoms with E-state index in [9.17, 15) is 15.0 Å². The van der Waals surface area contributed by atoms with Crippen molar-refractivity contribution < 1.29 is 39.1 Å². The van der Waals surface area contributed by atoms with Crippen LogP contribution in [-0.2, 0) is 23.7 Å².